The Morgan fingerprint density at radius 1 is 1.26 bits per heavy atom. The molecule has 1 aromatic carbocycles. The molecule has 2 N–H and O–H groups in total. The van der Waals surface area contributed by atoms with Gasteiger partial charge in [0, 0.05) is 36.7 Å². The van der Waals surface area contributed by atoms with Crippen LogP contribution < -0.4 is 26.0 Å². The molecule has 1 aliphatic rings. The number of benzene rings is 1. The Morgan fingerprint density at radius 2 is 1.96 bits per heavy atom. The van der Waals surface area contributed by atoms with Crippen LogP contribution in [0.5, 0.6) is 11.5 Å². The van der Waals surface area contributed by atoms with Crippen molar-refractivity contribution in [1.29, 1.82) is 0 Å². The quantitative estimate of drug-likeness (QED) is 0.779. The van der Waals surface area contributed by atoms with Gasteiger partial charge in [-0.05, 0) is 12.8 Å². The lowest BCUT2D eigenvalue weighted by molar-refractivity contribution is 0.0941. The fraction of sp³-hybridized carbons (Fsp3) is 0.389. The van der Waals surface area contributed by atoms with E-state index in [4.69, 9.17) is 14.2 Å². The van der Waals surface area contributed by atoms with Gasteiger partial charge in [-0.1, -0.05) is 0 Å². The van der Waals surface area contributed by atoms with Crippen molar-refractivity contribution in [2.75, 3.05) is 26.1 Å². The number of carbonyl (C=O) groups excluding carboxylic acids is 1. The minimum atomic E-state index is -0.665. The Kier molecular flexibility index (Phi) is 5.60. The monoisotopic (exact) mass is 375 g/mol. The van der Waals surface area contributed by atoms with Crippen molar-refractivity contribution in [1.82, 2.24) is 9.55 Å². The molecule has 1 atom stereocenters. The van der Waals surface area contributed by atoms with E-state index in [2.05, 4.69) is 10.3 Å². The van der Waals surface area contributed by atoms with E-state index in [1.807, 2.05) is 0 Å². The molecule has 1 fully saturated rings. The molecule has 1 amide bonds. The zero-order chi connectivity index (χ0) is 19.4. The summed E-state index contributed by atoms with van der Waals surface area (Å²) in [7, 11) is 2.98. The number of nitrogens with one attached hydrogen (secondary N) is 2. The first-order chi connectivity index (χ1) is 13.0. The number of rotatable bonds is 6. The summed E-state index contributed by atoms with van der Waals surface area (Å²) in [6.45, 7) is 0.720. The maximum Gasteiger partial charge on any atom is 0.328 e. The Labute approximate surface area is 154 Å². The Balaban J connectivity index is 1.87. The lowest BCUT2D eigenvalue weighted by Gasteiger charge is -2.12. The number of hydrogen-bond donors (Lipinski definition) is 2. The van der Waals surface area contributed by atoms with E-state index in [-0.39, 0.29) is 18.2 Å². The standard InChI is InChI=1S/C18H21N3O6/c1-25-13-6-11(7-14(8-13)26-2)20-16(22)15-9-19-18(24)21(17(15)23)10-12-4-3-5-27-12/h6-9,12H,3-5,10H2,1-2H3,(H,19,24)(H,20,22). The molecule has 1 aromatic heterocycles. The smallest absolute Gasteiger partial charge is 0.328 e. The van der Waals surface area contributed by atoms with E-state index in [0.717, 1.165) is 23.6 Å². The SMILES string of the molecule is COc1cc(NC(=O)c2c[nH]c(=O)n(CC3CCCO3)c2=O)cc(OC)c1. The van der Waals surface area contributed by atoms with Crippen LogP contribution in [0.3, 0.4) is 0 Å². The lowest BCUT2D eigenvalue weighted by Crippen LogP contribution is -2.41. The van der Waals surface area contributed by atoms with E-state index >= 15 is 0 Å². The number of anilines is 1. The predicted molar refractivity (Wildman–Crippen MR) is 97.8 cm³/mol. The number of hydrogen-bond acceptors (Lipinski definition) is 6. The number of aromatic nitrogens is 2. The normalized spacial score (nSPS) is 16.1. The Morgan fingerprint density at radius 3 is 2.56 bits per heavy atom. The second kappa shape index (κ2) is 8.09. The molecule has 0 saturated carbocycles. The highest BCUT2D eigenvalue weighted by Gasteiger charge is 2.21. The van der Waals surface area contributed by atoms with Gasteiger partial charge in [-0.2, -0.15) is 0 Å². The Bertz CT molecular complexity index is 921. The molecule has 0 spiro atoms. The average molecular weight is 375 g/mol. The highest BCUT2D eigenvalue weighted by molar-refractivity contribution is 6.04. The first-order valence-corrected chi connectivity index (χ1v) is 8.50. The number of nitrogens with zero attached hydrogens (tertiary/aromatic N) is 1. The summed E-state index contributed by atoms with van der Waals surface area (Å²) in [6.07, 6.45) is 2.56. The van der Waals surface area contributed by atoms with E-state index < -0.39 is 17.2 Å². The van der Waals surface area contributed by atoms with Gasteiger partial charge in [0.05, 0.1) is 26.9 Å². The Hall–Kier alpha value is -3.07. The molecule has 1 saturated heterocycles. The van der Waals surface area contributed by atoms with Gasteiger partial charge in [0.2, 0.25) is 0 Å². The molecule has 1 aliphatic heterocycles. The van der Waals surface area contributed by atoms with E-state index in [1.54, 1.807) is 18.2 Å². The van der Waals surface area contributed by atoms with Crippen molar-refractivity contribution >= 4 is 11.6 Å². The first kappa shape index (κ1) is 18.7. The molecule has 27 heavy (non-hydrogen) atoms. The lowest BCUT2D eigenvalue weighted by atomic mass is 10.2. The second-order valence-corrected chi connectivity index (χ2v) is 6.11. The summed E-state index contributed by atoms with van der Waals surface area (Å²) >= 11 is 0. The third-order valence-electron chi connectivity index (χ3n) is 4.32. The van der Waals surface area contributed by atoms with Gasteiger partial charge in [-0.3, -0.25) is 14.2 Å². The summed E-state index contributed by atoms with van der Waals surface area (Å²) in [5.41, 5.74) is -1.02. The molecular weight excluding hydrogens is 354 g/mol. The second-order valence-electron chi connectivity index (χ2n) is 6.11. The molecule has 144 valence electrons. The number of methoxy groups -OCH3 is 2. The summed E-state index contributed by atoms with van der Waals surface area (Å²) in [6, 6.07) is 4.85. The van der Waals surface area contributed by atoms with Crippen molar-refractivity contribution in [3.05, 3.63) is 50.8 Å². The fourth-order valence-corrected chi connectivity index (χ4v) is 2.91. The van der Waals surface area contributed by atoms with Crippen molar-refractivity contribution in [3.8, 4) is 11.5 Å². The van der Waals surface area contributed by atoms with E-state index in [0.29, 0.717) is 23.8 Å². The van der Waals surface area contributed by atoms with Crippen LogP contribution in [0, 0.1) is 0 Å². The van der Waals surface area contributed by atoms with E-state index in [1.165, 1.54) is 14.2 Å². The maximum atomic E-state index is 12.6. The maximum absolute atomic E-state index is 12.6. The zero-order valence-electron chi connectivity index (χ0n) is 15.1. The molecule has 3 rings (SSSR count). The van der Waals surface area contributed by atoms with Crippen LogP contribution in [0.25, 0.3) is 0 Å². The van der Waals surface area contributed by atoms with Gasteiger partial charge in [0.25, 0.3) is 11.5 Å². The van der Waals surface area contributed by atoms with Crippen molar-refractivity contribution in [3.63, 3.8) is 0 Å². The minimum absolute atomic E-state index is 0.113. The summed E-state index contributed by atoms with van der Waals surface area (Å²) < 4.78 is 16.8. The molecule has 0 radical (unpaired) electrons. The molecule has 2 aromatic rings. The van der Waals surface area contributed by atoms with Crippen molar-refractivity contribution < 1.29 is 19.0 Å². The van der Waals surface area contributed by atoms with Crippen LogP contribution in [0.15, 0.2) is 34.0 Å². The number of H-pyrrole nitrogens is 1. The van der Waals surface area contributed by atoms with Crippen LogP contribution in [0.4, 0.5) is 5.69 Å². The van der Waals surface area contributed by atoms with Gasteiger partial charge < -0.3 is 24.5 Å². The highest BCUT2D eigenvalue weighted by atomic mass is 16.5. The van der Waals surface area contributed by atoms with E-state index in [9.17, 15) is 14.4 Å². The molecular formula is C18H21N3O6. The topological polar surface area (TPSA) is 112 Å². The van der Waals surface area contributed by atoms with Crippen LogP contribution >= 0.6 is 0 Å². The minimum Gasteiger partial charge on any atom is -0.497 e. The fourth-order valence-electron chi connectivity index (χ4n) is 2.91. The molecule has 0 bridgehead atoms. The van der Waals surface area contributed by atoms with Crippen molar-refractivity contribution in [2.24, 2.45) is 0 Å². The summed E-state index contributed by atoms with van der Waals surface area (Å²) in [5.74, 6) is 0.330. The average Bonchev–Trinajstić information content (AvgIpc) is 3.17. The number of amides is 1. The van der Waals surface area contributed by atoms with Gasteiger partial charge in [-0.15, -0.1) is 0 Å². The van der Waals surface area contributed by atoms with Crippen LogP contribution in [0.2, 0.25) is 0 Å². The van der Waals surface area contributed by atoms with Crippen LogP contribution in [0.1, 0.15) is 23.2 Å². The molecule has 1 unspecified atom stereocenters. The van der Waals surface area contributed by atoms with Crippen molar-refractivity contribution in [2.45, 2.75) is 25.5 Å². The molecule has 2 heterocycles. The predicted octanol–water partition coefficient (Wildman–Crippen LogP) is 0.985. The first-order valence-electron chi connectivity index (χ1n) is 8.50. The van der Waals surface area contributed by atoms with Gasteiger partial charge >= 0.3 is 5.69 Å². The van der Waals surface area contributed by atoms with Crippen LogP contribution in [-0.2, 0) is 11.3 Å². The van der Waals surface area contributed by atoms with Gasteiger partial charge in [0.1, 0.15) is 17.1 Å². The third-order valence-corrected chi connectivity index (χ3v) is 4.32. The number of aromatic amines is 1. The van der Waals surface area contributed by atoms with Gasteiger partial charge in [-0.25, -0.2) is 4.79 Å². The number of ether oxygens (including phenoxy) is 3. The molecule has 9 heteroatoms. The highest BCUT2D eigenvalue weighted by Crippen LogP contribution is 2.25. The molecule has 0 aliphatic carbocycles. The number of carbonyl (C=O) groups is 1. The third kappa shape index (κ3) is 4.20. The zero-order valence-corrected chi connectivity index (χ0v) is 15.1. The largest absolute Gasteiger partial charge is 0.497 e. The summed E-state index contributed by atoms with van der Waals surface area (Å²) in [4.78, 5) is 39.7. The summed E-state index contributed by atoms with van der Waals surface area (Å²) in [5, 5.41) is 2.62. The van der Waals surface area contributed by atoms with Crippen LogP contribution in [-0.4, -0.2) is 42.4 Å². The molecule has 9 nitrogen and oxygen atoms in total. The van der Waals surface area contributed by atoms with Gasteiger partial charge in [0.15, 0.2) is 0 Å².